The van der Waals surface area contributed by atoms with Crippen LogP contribution in [0.15, 0.2) is 65.7 Å². The maximum Gasteiger partial charge on any atom is 0.243 e. The van der Waals surface area contributed by atoms with Gasteiger partial charge >= 0.3 is 0 Å². The third-order valence-corrected chi connectivity index (χ3v) is 7.40. The van der Waals surface area contributed by atoms with Crippen molar-refractivity contribution < 1.29 is 13.2 Å². The van der Waals surface area contributed by atoms with Crippen molar-refractivity contribution in [3.05, 3.63) is 66.4 Å². The summed E-state index contributed by atoms with van der Waals surface area (Å²) >= 11 is 0. The number of carbonyl (C=O) groups is 1. The highest BCUT2D eigenvalue weighted by atomic mass is 32.2. The minimum Gasteiger partial charge on any atom is -0.350 e. The first-order valence-corrected chi connectivity index (χ1v) is 11.3. The molecule has 1 fully saturated rings. The van der Waals surface area contributed by atoms with Crippen LogP contribution in [-0.2, 0) is 21.4 Å². The molecular weight excluding hydrogens is 386 g/mol. The zero-order valence-electron chi connectivity index (χ0n) is 16.4. The van der Waals surface area contributed by atoms with Gasteiger partial charge < -0.3 is 9.88 Å². The van der Waals surface area contributed by atoms with Crippen molar-refractivity contribution in [1.29, 1.82) is 0 Å². The summed E-state index contributed by atoms with van der Waals surface area (Å²) in [6.07, 6.45) is 3.66. The molecule has 2 aromatic carbocycles. The molecule has 0 radical (unpaired) electrons. The molecule has 152 valence electrons. The van der Waals surface area contributed by atoms with Gasteiger partial charge in [-0.25, -0.2) is 8.42 Å². The van der Waals surface area contributed by atoms with E-state index in [0.29, 0.717) is 24.5 Å². The maximum atomic E-state index is 12.8. The summed E-state index contributed by atoms with van der Waals surface area (Å²) in [5, 5.41) is 3.78. The second-order valence-electron chi connectivity index (χ2n) is 7.43. The van der Waals surface area contributed by atoms with Crippen LogP contribution in [0, 0.1) is 0 Å². The fourth-order valence-corrected chi connectivity index (χ4v) is 5.33. The Morgan fingerprint density at radius 2 is 1.79 bits per heavy atom. The number of aromatic nitrogens is 1. The Labute approximate surface area is 171 Å². The van der Waals surface area contributed by atoms with E-state index in [1.54, 1.807) is 22.5 Å². The molecule has 2 heterocycles. The molecule has 0 aliphatic carbocycles. The van der Waals surface area contributed by atoms with E-state index in [2.05, 4.69) is 5.32 Å². The lowest BCUT2D eigenvalue weighted by atomic mass is 10.2. The lowest BCUT2D eigenvalue weighted by Crippen LogP contribution is -2.30. The molecule has 3 aromatic rings. The topological polar surface area (TPSA) is 71.4 Å². The summed E-state index contributed by atoms with van der Waals surface area (Å²) in [6, 6.07) is 16.4. The summed E-state index contributed by atoms with van der Waals surface area (Å²) in [4.78, 5) is 12.9. The quantitative estimate of drug-likeness (QED) is 0.677. The van der Waals surface area contributed by atoms with Crippen LogP contribution in [0.5, 0.6) is 0 Å². The van der Waals surface area contributed by atoms with Crippen molar-refractivity contribution in [2.75, 3.05) is 13.1 Å². The number of rotatable bonds is 6. The van der Waals surface area contributed by atoms with Crippen LogP contribution in [0.4, 0.5) is 0 Å². The molecule has 1 aliphatic rings. The smallest absolute Gasteiger partial charge is 0.243 e. The number of fused-ring (bicyclic) bond motifs is 1. The molecule has 7 heteroatoms. The van der Waals surface area contributed by atoms with E-state index in [1.807, 2.05) is 54.1 Å². The number of nitrogens with one attached hydrogen (secondary N) is 1. The fourth-order valence-electron chi connectivity index (χ4n) is 3.78. The van der Waals surface area contributed by atoms with E-state index in [-0.39, 0.29) is 5.91 Å². The molecule has 1 saturated heterocycles. The van der Waals surface area contributed by atoms with Crippen molar-refractivity contribution in [2.24, 2.45) is 0 Å². The number of hydrogen-bond donors (Lipinski definition) is 1. The summed E-state index contributed by atoms with van der Waals surface area (Å²) < 4.78 is 29.0. The SMILES string of the molecule is C[C@H](C(=O)NCc1ccccc1)n1ccc2cc(S(=O)(=O)N3CCCC3)ccc21. The van der Waals surface area contributed by atoms with Gasteiger partial charge in [-0.3, -0.25) is 4.79 Å². The Morgan fingerprint density at radius 1 is 1.07 bits per heavy atom. The summed E-state index contributed by atoms with van der Waals surface area (Å²) in [7, 11) is -3.45. The van der Waals surface area contributed by atoms with E-state index >= 15 is 0 Å². The third-order valence-electron chi connectivity index (χ3n) is 5.50. The lowest BCUT2D eigenvalue weighted by molar-refractivity contribution is -0.123. The zero-order chi connectivity index (χ0) is 20.4. The van der Waals surface area contributed by atoms with E-state index < -0.39 is 16.1 Å². The van der Waals surface area contributed by atoms with Gasteiger partial charge in [0.05, 0.1) is 4.90 Å². The standard InChI is InChI=1S/C22H25N3O3S/c1-17(22(26)23-16-18-7-3-2-4-8-18)25-14-11-19-15-20(9-10-21(19)25)29(27,28)24-12-5-6-13-24/h2-4,7-11,14-15,17H,5-6,12-13,16H2,1H3,(H,23,26)/t17-/m1/s1. The van der Waals surface area contributed by atoms with E-state index in [9.17, 15) is 13.2 Å². The van der Waals surface area contributed by atoms with Gasteiger partial charge in [-0.1, -0.05) is 30.3 Å². The molecule has 4 rings (SSSR count). The number of sulfonamides is 1. The monoisotopic (exact) mass is 411 g/mol. The van der Waals surface area contributed by atoms with Gasteiger partial charge in [-0.2, -0.15) is 4.31 Å². The van der Waals surface area contributed by atoms with Crippen LogP contribution in [0.25, 0.3) is 10.9 Å². The Bertz CT molecular complexity index is 1120. The summed E-state index contributed by atoms with van der Waals surface area (Å²) in [6.45, 7) is 3.48. The van der Waals surface area contributed by atoms with E-state index in [1.165, 1.54) is 0 Å². The highest BCUT2D eigenvalue weighted by Crippen LogP contribution is 2.27. The van der Waals surface area contributed by atoms with Gasteiger partial charge in [-0.05, 0) is 49.6 Å². The molecule has 1 aromatic heterocycles. The van der Waals surface area contributed by atoms with Crippen LogP contribution >= 0.6 is 0 Å². The Hall–Kier alpha value is -2.64. The molecule has 1 N–H and O–H groups in total. The van der Waals surface area contributed by atoms with Crippen molar-refractivity contribution in [1.82, 2.24) is 14.2 Å². The van der Waals surface area contributed by atoms with Crippen molar-refractivity contribution in [2.45, 2.75) is 37.2 Å². The zero-order valence-corrected chi connectivity index (χ0v) is 17.2. The molecule has 6 nitrogen and oxygen atoms in total. The highest BCUT2D eigenvalue weighted by molar-refractivity contribution is 7.89. The normalized spacial score (nSPS) is 16.2. The molecule has 1 aliphatic heterocycles. The summed E-state index contributed by atoms with van der Waals surface area (Å²) in [5.41, 5.74) is 1.88. The van der Waals surface area contributed by atoms with Gasteiger partial charge in [0.2, 0.25) is 15.9 Å². The molecule has 0 unspecified atom stereocenters. The molecule has 1 amide bonds. The van der Waals surface area contributed by atoms with Crippen LogP contribution in [0.1, 0.15) is 31.4 Å². The van der Waals surface area contributed by atoms with Crippen molar-refractivity contribution in [3.8, 4) is 0 Å². The van der Waals surface area contributed by atoms with Crippen LogP contribution in [0.2, 0.25) is 0 Å². The minimum atomic E-state index is -3.45. The molecular formula is C22H25N3O3S. The Kier molecular flexibility index (Phi) is 5.43. The average Bonchev–Trinajstić information content (AvgIpc) is 3.42. The van der Waals surface area contributed by atoms with E-state index in [4.69, 9.17) is 0 Å². The molecule has 0 spiro atoms. The minimum absolute atomic E-state index is 0.0832. The van der Waals surface area contributed by atoms with Crippen molar-refractivity contribution in [3.63, 3.8) is 0 Å². The first-order valence-electron chi connectivity index (χ1n) is 9.89. The van der Waals surface area contributed by atoms with E-state index in [0.717, 1.165) is 29.3 Å². The second kappa shape index (κ2) is 8.00. The van der Waals surface area contributed by atoms with Gasteiger partial charge in [0.25, 0.3) is 0 Å². The average molecular weight is 412 g/mol. The largest absolute Gasteiger partial charge is 0.350 e. The molecule has 29 heavy (non-hydrogen) atoms. The highest BCUT2D eigenvalue weighted by Gasteiger charge is 2.27. The van der Waals surface area contributed by atoms with Crippen LogP contribution < -0.4 is 5.32 Å². The number of hydrogen-bond acceptors (Lipinski definition) is 3. The maximum absolute atomic E-state index is 12.8. The molecule has 0 saturated carbocycles. The van der Waals surface area contributed by atoms with Crippen LogP contribution in [-0.4, -0.2) is 36.3 Å². The first kappa shape index (κ1) is 19.7. The summed E-state index contributed by atoms with van der Waals surface area (Å²) in [5.74, 6) is -0.0832. The molecule has 0 bridgehead atoms. The predicted octanol–water partition coefficient (Wildman–Crippen LogP) is 3.30. The van der Waals surface area contributed by atoms with Gasteiger partial charge in [0, 0.05) is 36.7 Å². The van der Waals surface area contributed by atoms with Crippen LogP contribution in [0.3, 0.4) is 0 Å². The second-order valence-corrected chi connectivity index (χ2v) is 9.37. The Morgan fingerprint density at radius 3 is 2.52 bits per heavy atom. The fraction of sp³-hybridized carbons (Fsp3) is 0.318. The van der Waals surface area contributed by atoms with Crippen molar-refractivity contribution >= 4 is 26.8 Å². The number of carbonyl (C=O) groups excluding carboxylic acids is 1. The number of nitrogens with zero attached hydrogens (tertiary/aromatic N) is 2. The first-order chi connectivity index (χ1) is 14.0. The predicted molar refractivity (Wildman–Crippen MR) is 113 cm³/mol. The molecule has 1 atom stereocenters. The number of amides is 1. The lowest BCUT2D eigenvalue weighted by Gasteiger charge is -2.17. The third kappa shape index (κ3) is 3.93. The van der Waals surface area contributed by atoms with Gasteiger partial charge in [-0.15, -0.1) is 0 Å². The Balaban J connectivity index is 1.53. The number of benzene rings is 2. The van der Waals surface area contributed by atoms with Gasteiger partial charge in [0.15, 0.2) is 0 Å². The van der Waals surface area contributed by atoms with Gasteiger partial charge in [0.1, 0.15) is 6.04 Å².